The van der Waals surface area contributed by atoms with Crippen LogP contribution in [0.2, 0.25) is 0 Å². The monoisotopic (exact) mass is 497 g/mol. The number of hydrazone groups is 2. The zero-order valence-electron chi connectivity index (χ0n) is 19.7. The Balaban J connectivity index is 1.36. The van der Waals surface area contributed by atoms with Crippen molar-refractivity contribution in [2.75, 3.05) is 31.3 Å². The van der Waals surface area contributed by atoms with Crippen molar-refractivity contribution in [3.05, 3.63) is 89.8 Å². The molecule has 0 radical (unpaired) electrons. The number of benzene rings is 3. The molecule has 3 heterocycles. The molecular formula is C27H23N5O3S. The Morgan fingerprint density at radius 2 is 1.72 bits per heavy atom. The van der Waals surface area contributed by atoms with Crippen molar-refractivity contribution < 1.29 is 14.2 Å². The predicted molar refractivity (Wildman–Crippen MR) is 142 cm³/mol. The standard InChI is InChI=1S/C27H23N5O3S/c1-33-21-13-11-18(12-14-21)23-16-36-26(28-23)32-27(17-35-27)25(24(31-32)19-7-4-3-5-8-19)30-29-20-9-6-10-22(15-20)34-2/h3-16,29H,17H2,1-2H3/b30-25+/t27-/m0/s1. The Hall–Kier alpha value is -4.21. The lowest BCUT2D eigenvalue weighted by atomic mass is 10.0. The van der Waals surface area contributed by atoms with E-state index in [0.29, 0.717) is 12.3 Å². The molecule has 0 unspecified atom stereocenters. The number of thiazole rings is 1. The number of hydrogen-bond donors (Lipinski definition) is 1. The number of ether oxygens (including phenoxy) is 3. The van der Waals surface area contributed by atoms with E-state index in [1.54, 1.807) is 14.2 Å². The van der Waals surface area contributed by atoms with Crippen LogP contribution in [0, 0.1) is 0 Å². The molecule has 0 saturated carbocycles. The van der Waals surface area contributed by atoms with E-state index in [4.69, 9.17) is 29.4 Å². The third-order valence-corrected chi connectivity index (χ3v) is 6.84. The smallest absolute Gasteiger partial charge is 0.234 e. The third-order valence-electron chi connectivity index (χ3n) is 6.03. The van der Waals surface area contributed by atoms with Crippen LogP contribution in [0.1, 0.15) is 5.56 Å². The summed E-state index contributed by atoms with van der Waals surface area (Å²) in [6.07, 6.45) is 0. The first-order valence-corrected chi connectivity index (χ1v) is 12.2. The number of rotatable bonds is 7. The number of hydrogen-bond acceptors (Lipinski definition) is 9. The summed E-state index contributed by atoms with van der Waals surface area (Å²) in [6, 6.07) is 25.4. The maximum absolute atomic E-state index is 6.03. The molecule has 1 aromatic heterocycles. The molecule has 4 aromatic rings. The first-order chi connectivity index (χ1) is 17.7. The van der Waals surface area contributed by atoms with Gasteiger partial charge in [-0.15, -0.1) is 11.3 Å². The number of aromatic nitrogens is 1. The van der Waals surface area contributed by atoms with E-state index < -0.39 is 5.72 Å². The molecule has 0 bridgehead atoms. The van der Waals surface area contributed by atoms with Crippen molar-refractivity contribution >= 4 is 33.6 Å². The SMILES string of the molecule is COc1ccc(-c2csc(N3N=C(c4ccccc4)/C(=N\Nc4cccc(OC)c4)[C@@]34CO4)n2)cc1. The molecule has 1 fully saturated rings. The molecule has 180 valence electrons. The van der Waals surface area contributed by atoms with Gasteiger partial charge < -0.3 is 14.2 Å². The van der Waals surface area contributed by atoms with E-state index in [2.05, 4.69) is 5.43 Å². The number of methoxy groups -OCH3 is 2. The molecular weight excluding hydrogens is 474 g/mol. The molecule has 1 N–H and O–H groups in total. The molecule has 8 nitrogen and oxygen atoms in total. The summed E-state index contributed by atoms with van der Waals surface area (Å²) in [5, 5.41) is 14.3. The highest BCUT2D eigenvalue weighted by molar-refractivity contribution is 7.14. The second kappa shape index (κ2) is 9.10. The Morgan fingerprint density at radius 1 is 0.944 bits per heavy atom. The quantitative estimate of drug-likeness (QED) is 0.278. The van der Waals surface area contributed by atoms with Crippen LogP contribution in [0.15, 0.2) is 94.4 Å². The molecule has 2 aliphatic rings. The van der Waals surface area contributed by atoms with Crippen molar-refractivity contribution in [1.29, 1.82) is 0 Å². The third kappa shape index (κ3) is 3.98. The summed E-state index contributed by atoms with van der Waals surface area (Å²) in [4.78, 5) is 4.88. The fraction of sp³-hybridized carbons (Fsp3) is 0.148. The summed E-state index contributed by atoms with van der Waals surface area (Å²) in [6.45, 7) is 0.461. The highest BCUT2D eigenvalue weighted by Crippen LogP contribution is 2.44. The van der Waals surface area contributed by atoms with Gasteiger partial charge in [-0.3, -0.25) is 5.43 Å². The van der Waals surface area contributed by atoms with Crippen LogP contribution < -0.4 is 19.9 Å². The van der Waals surface area contributed by atoms with Gasteiger partial charge in [0, 0.05) is 22.6 Å². The van der Waals surface area contributed by atoms with Gasteiger partial charge in [0.2, 0.25) is 10.9 Å². The lowest BCUT2D eigenvalue weighted by Crippen LogP contribution is -2.38. The molecule has 0 aliphatic carbocycles. The zero-order chi connectivity index (χ0) is 24.5. The zero-order valence-corrected chi connectivity index (χ0v) is 20.5. The average Bonchev–Trinajstić information content (AvgIpc) is 3.46. The summed E-state index contributed by atoms with van der Waals surface area (Å²) >= 11 is 1.52. The molecule has 1 spiro atoms. The van der Waals surface area contributed by atoms with Gasteiger partial charge in [0.05, 0.1) is 25.6 Å². The summed E-state index contributed by atoms with van der Waals surface area (Å²) < 4.78 is 16.6. The summed E-state index contributed by atoms with van der Waals surface area (Å²) in [7, 11) is 3.30. The van der Waals surface area contributed by atoms with E-state index in [9.17, 15) is 0 Å². The summed E-state index contributed by atoms with van der Waals surface area (Å²) in [5.41, 5.74) is 7.44. The Morgan fingerprint density at radius 3 is 2.44 bits per heavy atom. The van der Waals surface area contributed by atoms with Gasteiger partial charge in [-0.05, 0) is 36.4 Å². The Kier molecular flexibility index (Phi) is 5.63. The Labute approximate surface area is 212 Å². The van der Waals surface area contributed by atoms with Crippen LogP contribution >= 0.6 is 11.3 Å². The fourth-order valence-electron chi connectivity index (χ4n) is 4.04. The minimum Gasteiger partial charge on any atom is -0.497 e. The second-order valence-corrected chi connectivity index (χ2v) is 9.08. The van der Waals surface area contributed by atoms with Crippen LogP contribution in [0.5, 0.6) is 11.5 Å². The minimum atomic E-state index is -0.800. The van der Waals surface area contributed by atoms with E-state index in [-0.39, 0.29) is 0 Å². The fourth-order valence-corrected chi connectivity index (χ4v) is 4.88. The Bertz CT molecular complexity index is 1450. The molecule has 1 atom stereocenters. The molecule has 9 heteroatoms. The second-order valence-electron chi connectivity index (χ2n) is 8.25. The van der Waals surface area contributed by atoms with Crippen LogP contribution in [-0.2, 0) is 4.74 Å². The predicted octanol–water partition coefficient (Wildman–Crippen LogP) is 5.25. The van der Waals surface area contributed by atoms with Crippen molar-refractivity contribution in [2.45, 2.75) is 5.72 Å². The summed E-state index contributed by atoms with van der Waals surface area (Å²) in [5.74, 6) is 1.55. The first-order valence-electron chi connectivity index (χ1n) is 11.4. The van der Waals surface area contributed by atoms with Crippen molar-refractivity contribution in [3.63, 3.8) is 0 Å². The van der Waals surface area contributed by atoms with Crippen molar-refractivity contribution in [2.24, 2.45) is 10.2 Å². The van der Waals surface area contributed by atoms with E-state index in [1.165, 1.54) is 11.3 Å². The highest BCUT2D eigenvalue weighted by Gasteiger charge is 2.62. The van der Waals surface area contributed by atoms with Gasteiger partial charge in [0.15, 0.2) is 0 Å². The van der Waals surface area contributed by atoms with Gasteiger partial charge in [-0.1, -0.05) is 36.4 Å². The van der Waals surface area contributed by atoms with Crippen LogP contribution in [0.4, 0.5) is 10.8 Å². The molecule has 2 aliphatic heterocycles. The lowest BCUT2D eigenvalue weighted by molar-refractivity contribution is 0.364. The van der Waals surface area contributed by atoms with Gasteiger partial charge in [0.1, 0.15) is 29.5 Å². The molecule has 3 aromatic carbocycles. The minimum absolute atomic E-state index is 0.461. The number of nitrogens with zero attached hydrogens (tertiary/aromatic N) is 4. The van der Waals surface area contributed by atoms with Crippen LogP contribution in [-0.4, -0.2) is 43.0 Å². The van der Waals surface area contributed by atoms with Gasteiger partial charge in [0.25, 0.3) is 0 Å². The van der Waals surface area contributed by atoms with Crippen molar-refractivity contribution in [1.82, 2.24) is 4.98 Å². The molecule has 1 saturated heterocycles. The molecule has 0 amide bonds. The normalized spacial score (nSPS) is 19.4. The van der Waals surface area contributed by atoms with Gasteiger partial charge in [-0.25, -0.2) is 4.98 Å². The lowest BCUT2D eigenvalue weighted by Gasteiger charge is -2.17. The highest BCUT2D eigenvalue weighted by atomic mass is 32.1. The maximum Gasteiger partial charge on any atom is 0.234 e. The first kappa shape index (κ1) is 22.3. The van der Waals surface area contributed by atoms with Gasteiger partial charge >= 0.3 is 0 Å². The van der Waals surface area contributed by atoms with Gasteiger partial charge in [-0.2, -0.15) is 15.2 Å². The van der Waals surface area contributed by atoms with Crippen LogP contribution in [0.3, 0.4) is 0 Å². The number of epoxide rings is 1. The largest absolute Gasteiger partial charge is 0.497 e. The molecule has 36 heavy (non-hydrogen) atoms. The average molecular weight is 498 g/mol. The number of nitrogens with one attached hydrogen (secondary N) is 1. The maximum atomic E-state index is 6.03. The van der Waals surface area contributed by atoms with Crippen molar-refractivity contribution in [3.8, 4) is 22.8 Å². The molecule has 6 rings (SSSR count). The van der Waals surface area contributed by atoms with E-state index in [0.717, 1.165) is 44.9 Å². The van der Waals surface area contributed by atoms with E-state index >= 15 is 0 Å². The topological polar surface area (TPSA) is 83.9 Å². The van der Waals surface area contributed by atoms with E-state index in [1.807, 2.05) is 89.3 Å². The van der Waals surface area contributed by atoms with Crippen LogP contribution in [0.25, 0.3) is 11.3 Å². The number of anilines is 2.